The molecule has 0 aromatic carbocycles. The Morgan fingerprint density at radius 3 is 1.55 bits per heavy atom. The zero-order valence-corrected chi connectivity index (χ0v) is 14.5. The van der Waals surface area contributed by atoms with Crippen LogP contribution in [0.25, 0.3) is 0 Å². The predicted octanol–water partition coefficient (Wildman–Crippen LogP) is 6.20. The van der Waals surface area contributed by atoms with Crippen LogP contribution in [0.4, 0.5) is 0 Å². The number of rotatable bonds is 15. The normalized spacial score (nSPS) is 11.8. The highest BCUT2D eigenvalue weighted by Gasteiger charge is 1.92. The molecule has 0 saturated carbocycles. The third kappa shape index (κ3) is 17.7. The monoisotopic (exact) mass is 281 g/mol. The zero-order valence-electron chi connectivity index (χ0n) is 14.5. The van der Waals surface area contributed by atoms with Crippen LogP contribution >= 0.6 is 0 Å². The predicted molar refractivity (Wildman–Crippen MR) is 93.4 cm³/mol. The van der Waals surface area contributed by atoms with E-state index in [0.29, 0.717) is 0 Å². The maximum atomic E-state index is 2.41. The molecule has 20 heavy (non-hydrogen) atoms. The van der Waals surface area contributed by atoms with Crippen LogP contribution in [0, 0.1) is 0 Å². The number of allylic oxidation sites excluding steroid dienone is 2. The maximum Gasteiger partial charge on any atom is -0.00248 e. The highest BCUT2D eigenvalue weighted by atomic mass is 15.0. The molecule has 0 N–H and O–H groups in total. The molecule has 0 saturated heterocycles. The molecule has 1 heteroatoms. The molecule has 0 aromatic heterocycles. The first-order valence-electron chi connectivity index (χ1n) is 9.07. The molecule has 0 radical (unpaired) electrons. The molecule has 1 nitrogen and oxygen atoms in total. The molecule has 0 aromatic rings. The van der Waals surface area contributed by atoms with Crippen LogP contribution in [0.5, 0.6) is 0 Å². The van der Waals surface area contributed by atoms with Crippen LogP contribution in [0.15, 0.2) is 12.2 Å². The van der Waals surface area contributed by atoms with E-state index in [1.807, 2.05) is 0 Å². The fraction of sp³-hybridized carbons (Fsp3) is 0.895. The number of nitrogens with zero attached hydrogens (tertiary/aromatic N) is 1. The standard InChI is InChI=1S/C19H39N/c1-4-5-6-7-8-9-10-11-12-13-14-15-16-17-18-19-20(2)3/h10-11H,4-9,12-19H2,1-3H3/b11-10+. The van der Waals surface area contributed by atoms with Gasteiger partial charge in [-0.3, -0.25) is 0 Å². The van der Waals surface area contributed by atoms with Crippen molar-refractivity contribution in [2.45, 2.75) is 90.4 Å². The van der Waals surface area contributed by atoms with Crippen molar-refractivity contribution < 1.29 is 0 Å². The SMILES string of the molecule is CCCCCCC/C=C/CCCCCCCCN(C)C. The fourth-order valence-corrected chi connectivity index (χ4v) is 2.50. The maximum absolute atomic E-state index is 2.41. The van der Waals surface area contributed by atoms with Gasteiger partial charge in [-0.25, -0.2) is 0 Å². The smallest absolute Gasteiger partial charge is 0.00248 e. The second-order valence-corrected chi connectivity index (χ2v) is 6.39. The van der Waals surface area contributed by atoms with Crippen molar-refractivity contribution in [3.63, 3.8) is 0 Å². The molecule has 0 bridgehead atoms. The molecule has 0 atom stereocenters. The lowest BCUT2D eigenvalue weighted by Crippen LogP contribution is -2.12. The van der Waals surface area contributed by atoms with E-state index in [4.69, 9.17) is 0 Å². The van der Waals surface area contributed by atoms with Crippen LogP contribution in [-0.4, -0.2) is 25.5 Å². The summed E-state index contributed by atoms with van der Waals surface area (Å²) in [5.74, 6) is 0. The molecular formula is C19H39N. The van der Waals surface area contributed by atoms with E-state index in [-0.39, 0.29) is 0 Å². The highest BCUT2D eigenvalue weighted by molar-refractivity contribution is 4.81. The van der Waals surface area contributed by atoms with Gasteiger partial charge in [0, 0.05) is 0 Å². The van der Waals surface area contributed by atoms with Crippen LogP contribution < -0.4 is 0 Å². The summed E-state index contributed by atoms with van der Waals surface area (Å²) in [5, 5.41) is 0. The van der Waals surface area contributed by atoms with Crippen molar-refractivity contribution in [2.24, 2.45) is 0 Å². The zero-order chi connectivity index (χ0) is 14.9. The Balaban J connectivity index is 3.04. The number of hydrogen-bond donors (Lipinski definition) is 0. The van der Waals surface area contributed by atoms with Crippen molar-refractivity contribution in [3.8, 4) is 0 Å². The minimum absolute atomic E-state index is 1.25. The molecule has 0 spiro atoms. The second kappa shape index (κ2) is 16.8. The minimum Gasteiger partial charge on any atom is -0.309 e. The Hall–Kier alpha value is -0.300. The molecule has 0 aliphatic carbocycles. The van der Waals surface area contributed by atoms with Gasteiger partial charge in [0.25, 0.3) is 0 Å². The van der Waals surface area contributed by atoms with E-state index in [0.717, 1.165) is 0 Å². The summed E-state index contributed by atoms with van der Waals surface area (Å²) < 4.78 is 0. The van der Waals surface area contributed by atoms with Crippen molar-refractivity contribution in [1.29, 1.82) is 0 Å². The van der Waals surface area contributed by atoms with Gasteiger partial charge in [0.1, 0.15) is 0 Å². The first-order valence-corrected chi connectivity index (χ1v) is 9.07. The highest BCUT2D eigenvalue weighted by Crippen LogP contribution is 2.09. The van der Waals surface area contributed by atoms with Gasteiger partial charge in [-0.15, -0.1) is 0 Å². The van der Waals surface area contributed by atoms with E-state index in [2.05, 4.69) is 38.1 Å². The van der Waals surface area contributed by atoms with Gasteiger partial charge < -0.3 is 4.90 Å². The lowest BCUT2D eigenvalue weighted by molar-refractivity contribution is 0.389. The average Bonchev–Trinajstić information content (AvgIpc) is 2.43. The molecule has 0 heterocycles. The van der Waals surface area contributed by atoms with Crippen LogP contribution in [-0.2, 0) is 0 Å². The first kappa shape index (κ1) is 19.7. The Labute approximate surface area is 128 Å². The van der Waals surface area contributed by atoms with E-state index in [9.17, 15) is 0 Å². The molecule has 0 unspecified atom stereocenters. The lowest BCUT2D eigenvalue weighted by atomic mass is 10.1. The third-order valence-electron chi connectivity index (χ3n) is 3.87. The van der Waals surface area contributed by atoms with Gasteiger partial charge in [-0.1, -0.05) is 70.4 Å². The van der Waals surface area contributed by atoms with Gasteiger partial charge >= 0.3 is 0 Å². The van der Waals surface area contributed by atoms with Crippen LogP contribution in [0.3, 0.4) is 0 Å². The fourth-order valence-electron chi connectivity index (χ4n) is 2.50. The largest absolute Gasteiger partial charge is 0.309 e. The second-order valence-electron chi connectivity index (χ2n) is 6.39. The molecule has 0 fully saturated rings. The molecule has 0 rings (SSSR count). The topological polar surface area (TPSA) is 3.24 Å². The summed E-state index contributed by atoms with van der Waals surface area (Å²) >= 11 is 0. The Bertz CT molecular complexity index is 196. The third-order valence-corrected chi connectivity index (χ3v) is 3.87. The lowest BCUT2D eigenvalue weighted by Gasteiger charge is -2.08. The summed E-state index contributed by atoms with van der Waals surface area (Å²) in [7, 11) is 4.33. The van der Waals surface area contributed by atoms with Crippen LogP contribution in [0.2, 0.25) is 0 Å². The summed E-state index contributed by atoms with van der Waals surface area (Å²) in [6.45, 7) is 3.53. The summed E-state index contributed by atoms with van der Waals surface area (Å²) in [6.07, 6.45) is 22.9. The Morgan fingerprint density at radius 1 is 0.600 bits per heavy atom. The summed E-state index contributed by atoms with van der Waals surface area (Å²) in [5.41, 5.74) is 0. The van der Waals surface area contributed by atoms with Crippen molar-refractivity contribution in [1.82, 2.24) is 4.90 Å². The average molecular weight is 282 g/mol. The molecule has 0 aliphatic heterocycles. The Morgan fingerprint density at radius 2 is 1.05 bits per heavy atom. The van der Waals surface area contributed by atoms with E-state index >= 15 is 0 Å². The van der Waals surface area contributed by atoms with Crippen molar-refractivity contribution >= 4 is 0 Å². The van der Waals surface area contributed by atoms with Gasteiger partial charge in [0.05, 0.1) is 0 Å². The molecular weight excluding hydrogens is 242 g/mol. The Kier molecular flexibility index (Phi) is 16.5. The van der Waals surface area contributed by atoms with E-state index in [1.54, 1.807) is 0 Å². The summed E-state index contributed by atoms with van der Waals surface area (Å²) in [6, 6.07) is 0. The van der Waals surface area contributed by atoms with Crippen LogP contribution in [0.1, 0.15) is 90.4 Å². The number of hydrogen-bond acceptors (Lipinski definition) is 1. The molecule has 0 amide bonds. The molecule has 120 valence electrons. The van der Waals surface area contributed by atoms with Gasteiger partial charge in [0.15, 0.2) is 0 Å². The quantitative estimate of drug-likeness (QED) is 0.255. The number of unbranched alkanes of at least 4 members (excludes halogenated alkanes) is 11. The first-order chi connectivity index (χ1) is 9.77. The minimum atomic E-state index is 1.25. The van der Waals surface area contributed by atoms with Gasteiger partial charge in [-0.05, 0) is 52.7 Å². The van der Waals surface area contributed by atoms with Crippen molar-refractivity contribution in [2.75, 3.05) is 20.6 Å². The van der Waals surface area contributed by atoms with Gasteiger partial charge in [-0.2, -0.15) is 0 Å². The van der Waals surface area contributed by atoms with E-state index in [1.165, 1.54) is 90.0 Å². The molecule has 0 aliphatic rings. The van der Waals surface area contributed by atoms with Crippen molar-refractivity contribution in [3.05, 3.63) is 12.2 Å². The summed E-state index contributed by atoms with van der Waals surface area (Å²) in [4.78, 5) is 2.28. The van der Waals surface area contributed by atoms with E-state index < -0.39 is 0 Å². The van der Waals surface area contributed by atoms with Gasteiger partial charge in [0.2, 0.25) is 0 Å².